The van der Waals surface area contributed by atoms with Crippen LogP contribution in [0.4, 0.5) is 0 Å². The Bertz CT molecular complexity index is 611. The van der Waals surface area contributed by atoms with Gasteiger partial charge in [0.2, 0.25) is 0 Å². The third-order valence-corrected chi connectivity index (χ3v) is 6.78. The zero-order chi connectivity index (χ0) is 20.5. The van der Waals surface area contributed by atoms with Gasteiger partial charge in [-0.25, -0.2) is 0 Å². The molecule has 1 N–H and O–H groups in total. The lowest BCUT2D eigenvalue weighted by Crippen LogP contribution is -2.08. The molecule has 0 saturated heterocycles. The van der Waals surface area contributed by atoms with Crippen LogP contribution >= 0.6 is 23.5 Å². The van der Waals surface area contributed by atoms with Crippen LogP contribution in [0.3, 0.4) is 0 Å². The Morgan fingerprint density at radius 1 is 1.00 bits per heavy atom. The molecule has 2 aromatic carbocycles. The number of thioether (sulfide) groups is 2. The second-order valence-electron chi connectivity index (χ2n) is 6.52. The lowest BCUT2D eigenvalue weighted by molar-refractivity contribution is -0.122. The van der Waals surface area contributed by atoms with Crippen LogP contribution in [0.15, 0.2) is 60.7 Å². The molecule has 2 unspecified atom stereocenters. The Balaban J connectivity index is 0.00000122. The van der Waals surface area contributed by atoms with E-state index in [1.165, 1.54) is 49.0 Å². The van der Waals surface area contributed by atoms with E-state index in [1.54, 1.807) is 0 Å². The first kappa shape index (κ1) is 24.7. The number of hydrogen-bond donors (Lipinski definition) is 1. The second kappa shape index (κ2) is 16.6. The van der Waals surface area contributed by atoms with Crippen LogP contribution in [0.5, 0.6) is 0 Å². The van der Waals surface area contributed by atoms with Crippen LogP contribution in [-0.4, -0.2) is 30.4 Å². The molecular formula is C23H31BO2S2. The van der Waals surface area contributed by atoms with Crippen molar-refractivity contribution < 1.29 is 9.90 Å². The van der Waals surface area contributed by atoms with Gasteiger partial charge < -0.3 is 5.11 Å². The first-order valence-corrected chi connectivity index (χ1v) is 12.0. The van der Waals surface area contributed by atoms with E-state index in [0.29, 0.717) is 5.25 Å². The average Bonchev–Trinajstić information content (AvgIpc) is 2.73. The first-order chi connectivity index (χ1) is 13.7. The molecule has 0 bridgehead atoms. The zero-order valence-corrected chi connectivity index (χ0v) is 18.3. The fraction of sp³-hybridized carbons (Fsp3) is 0.435. The summed E-state index contributed by atoms with van der Waals surface area (Å²) in [6, 6.07) is 21.3. The van der Waals surface area contributed by atoms with Gasteiger partial charge in [-0.1, -0.05) is 86.8 Å². The molecule has 0 aromatic heterocycles. The molecule has 2 radical (unpaired) electrons. The Hall–Kier alpha value is -1.33. The standard InChI is InChI=1S/C22H29BS2.CH2O2/c1-2-3-6-15-21(25-22(23)20-13-9-5-10-14-20)16-17-24-18-19-11-7-4-8-12-19;2-1-3/h4-5,7-14,21-22H,2-3,6,15-18H2,1H3;1H,(H,2,3). The third kappa shape index (κ3) is 11.5. The fourth-order valence-corrected chi connectivity index (χ4v) is 5.27. The van der Waals surface area contributed by atoms with E-state index >= 15 is 0 Å². The Labute approximate surface area is 180 Å². The highest BCUT2D eigenvalue weighted by Gasteiger charge is 2.14. The van der Waals surface area contributed by atoms with Crippen LogP contribution in [-0.2, 0) is 10.5 Å². The Morgan fingerprint density at radius 3 is 2.21 bits per heavy atom. The fourth-order valence-electron chi connectivity index (χ4n) is 2.81. The highest BCUT2D eigenvalue weighted by Crippen LogP contribution is 2.34. The third-order valence-electron chi connectivity index (χ3n) is 4.29. The molecule has 0 aliphatic carbocycles. The minimum Gasteiger partial charge on any atom is -0.483 e. The average molecular weight is 414 g/mol. The van der Waals surface area contributed by atoms with Crippen LogP contribution in [0.25, 0.3) is 0 Å². The summed E-state index contributed by atoms with van der Waals surface area (Å²) in [6.45, 7) is 2.02. The Morgan fingerprint density at radius 2 is 1.61 bits per heavy atom. The summed E-state index contributed by atoms with van der Waals surface area (Å²) < 4.78 is 0. The molecule has 2 atom stereocenters. The number of carbonyl (C=O) groups is 1. The lowest BCUT2D eigenvalue weighted by Gasteiger charge is -2.21. The summed E-state index contributed by atoms with van der Waals surface area (Å²) in [5, 5.41) is 7.64. The number of rotatable bonds is 12. The molecule has 0 amide bonds. The van der Waals surface area contributed by atoms with E-state index in [0.717, 1.165) is 5.75 Å². The van der Waals surface area contributed by atoms with Crippen molar-refractivity contribution in [3.8, 4) is 0 Å². The summed E-state index contributed by atoms with van der Waals surface area (Å²) >= 11 is 4.00. The van der Waals surface area contributed by atoms with Crippen molar-refractivity contribution in [2.45, 2.75) is 55.2 Å². The van der Waals surface area contributed by atoms with Gasteiger partial charge in [0.15, 0.2) is 0 Å². The minimum absolute atomic E-state index is 0.0898. The first-order valence-electron chi connectivity index (χ1n) is 9.86. The quantitative estimate of drug-likeness (QED) is 0.242. The summed E-state index contributed by atoms with van der Waals surface area (Å²) in [6.07, 6.45) is 6.45. The highest BCUT2D eigenvalue weighted by molar-refractivity contribution is 8.01. The predicted octanol–water partition coefficient (Wildman–Crippen LogP) is 6.56. The topological polar surface area (TPSA) is 37.3 Å². The van der Waals surface area contributed by atoms with Crippen LogP contribution in [0.1, 0.15) is 55.3 Å². The van der Waals surface area contributed by atoms with Crippen molar-refractivity contribution in [2.24, 2.45) is 0 Å². The van der Waals surface area contributed by atoms with E-state index in [4.69, 9.17) is 17.7 Å². The second-order valence-corrected chi connectivity index (χ2v) is 9.07. The summed E-state index contributed by atoms with van der Waals surface area (Å²) in [4.78, 5) is 8.36. The lowest BCUT2D eigenvalue weighted by atomic mass is 9.96. The molecule has 28 heavy (non-hydrogen) atoms. The maximum atomic E-state index is 8.36. The van der Waals surface area contributed by atoms with Gasteiger partial charge in [-0.2, -0.15) is 23.5 Å². The minimum atomic E-state index is -0.250. The van der Waals surface area contributed by atoms with Crippen molar-refractivity contribution in [3.63, 3.8) is 0 Å². The van der Waals surface area contributed by atoms with E-state index in [9.17, 15) is 0 Å². The van der Waals surface area contributed by atoms with E-state index < -0.39 is 0 Å². The smallest absolute Gasteiger partial charge is 0.290 e. The van der Waals surface area contributed by atoms with Gasteiger partial charge in [0, 0.05) is 11.0 Å². The SMILES string of the molecule is O=CO.[B]C(SC(CCCCC)CCSCc1ccccc1)c1ccccc1. The molecule has 2 aromatic rings. The zero-order valence-electron chi connectivity index (χ0n) is 16.7. The van der Waals surface area contributed by atoms with Gasteiger partial charge in [0.25, 0.3) is 6.47 Å². The van der Waals surface area contributed by atoms with Gasteiger partial charge in [0.1, 0.15) is 0 Å². The van der Waals surface area contributed by atoms with Crippen LogP contribution in [0, 0.1) is 0 Å². The van der Waals surface area contributed by atoms with Gasteiger partial charge in [-0.3, -0.25) is 4.79 Å². The molecule has 0 aliphatic rings. The normalized spacial score (nSPS) is 12.5. The van der Waals surface area contributed by atoms with Crippen LogP contribution in [0.2, 0.25) is 0 Å². The molecule has 5 heteroatoms. The number of hydrogen-bond acceptors (Lipinski definition) is 3. The van der Waals surface area contributed by atoms with E-state index in [2.05, 4.69) is 67.6 Å². The molecule has 2 nitrogen and oxygen atoms in total. The van der Waals surface area contributed by atoms with Gasteiger partial charge in [0.05, 0.1) is 7.85 Å². The molecule has 150 valence electrons. The van der Waals surface area contributed by atoms with E-state index in [1.807, 2.05) is 23.5 Å². The monoisotopic (exact) mass is 414 g/mol. The molecule has 0 fully saturated rings. The van der Waals surface area contributed by atoms with Crippen molar-refractivity contribution in [3.05, 3.63) is 71.8 Å². The molecule has 0 saturated carbocycles. The predicted molar refractivity (Wildman–Crippen MR) is 126 cm³/mol. The maximum Gasteiger partial charge on any atom is 0.290 e. The summed E-state index contributed by atoms with van der Waals surface area (Å²) in [7, 11) is 6.45. The number of carboxylic acid groups (broad SMARTS) is 1. The molecule has 0 spiro atoms. The number of benzene rings is 2. The van der Waals surface area contributed by atoms with Crippen molar-refractivity contribution >= 4 is 37.8 Å². The largest absolute Gasteiger partial charge is 0.483 e. The Kier molecular flexibility index (Phi) is 14.7. The van der Waals surface area contributed by atoms with Gasteiger partial charge in [-0.05, 0) is 34.9 Å². The molecule has 2 rings (SSSR count). The molecule has 0 aliphatic heterocycles. The molecule has 0 heterocycles. The van der Waals surface area contributed by atoms with Gasteiger partial charge >= 0.3 is 0 Å². The van der Waals surface area contributed by atoms with Crippen molar-refractivity contribution in [2.75, 3.05) is 5.75 Å². The molecular weight excluding hydrogens is 383 g/mol. The van der Waals surface area contributed by atoms with Crippen LogP contribution < -0.4 is 0 Å². The summed E-state index contributed by atoms with van der Waals surface area (Å²) in [5.41, 5.74) is 2.66. The van der Waals surface area contributed by atoms with Crippen molar-refractivity contribution in [1.82, 2.24) is 0 Å². The van der Waals surface area contributed by atoms with E-state index in [-0.39, 0.29) is 11.6 Å². The summed E-state index contributed by atoms with van der Waals surface area (Å²) in [5.74, 6) is 2.32. The van der Waals surface area contributed by atoms with Gasteiger partial charge in [-0.15, -0.1) is 0 Å². The number of unbranched alkanes of at least 4 members (excludes halogenated alkanes) is 2. The van der Waals surface area contributed by atoms with Crippen molar-refractivity contribution in [1.29, 1.82) is 0 Å². The maximum absolute atomic E-state index is 8.36. The highest BCUT2D eigenvalue weighted by atomic mass is 32.2.